The van der Waals surface area contributed by atoms with Gasteiger partial charge in [0.2, 0.25) is 0 Å². The van der Waals surface area contributed by atoms with Gasteiger partial charge in [0.1, 0.15) is 0 Å². The summed E-state index contributed by atoms with van der Waals surface area (Å²) in [5.41, 5.74) is 0. The minimum atomic E-state index is -7.94. The molecule has 3 nitrogen and oxygen atoms in total. The van der Waals surface area contributed by atoms with Crippen LogP contribution in [0.5, 0.6) is 0 Å². The number of rotatable bonds is 9. The van der Waals surface area contributed by atoms with Crippen molar-refractivity contribution >= 4 is 6.16 Å². The van der Waals surface area contributed by atoms with Gasteiger partial charge in [-0.25, -0.2) is 13.6 Å². The smallest absolute Gasteiger partial charge is 0.428 e. The summed E-state index contributed by atoms with van der Waals surface area (Å²) in [4.78, 5) is 10.6. The monoisotopic (exact) mass is 508 g/mol. The molecule has 0 aromatic carbocycles. The lowest BCUT2D eigenvalue weighted by atomic mass is 9.94. The molecule has 0 radical (unpaired) electrons. The molecule has 0 atom stereocenters. The molecule has 0 amide bonds. The van der Waals surface area contributed by atoms with Crippen molar-refractivity contribution in [2.75, 3.05) is 13.2 Å². The molecule has 0 saturated carbocycles. The quantitative estimate of drug-likeness (QED) is 0.293. The Morgan fingerprint density at radius 3 is 1.26 bits per heavy atom. The Labute approximate surface area is 158 Å². The molecule has 0 saturated heterocycles. The molecule has 31 heavy (non-hydrogen) atoms. The predicted octanol–water partition coefficient (Wildman–Crippen LogP) is 5.78. The molecule has 20 heteroatoms. The molecule has 0 aromatic heterocycles. The molecule has 0 heterocycles. The van der Waals surface area contributed by atoms with Crippen molar-refractivity contribution in [3.05, 3.63) is 0 Å². The SMILES string of the molecule is O=C(OCC(F)(F)C(F)(F)F)OCC(F)(F)C(F)(F)C(F)(F)C(F)(F)C(F)(F)C(F)F. The van der Waals surface area contributed by atoms with Gasteiger partial charge in [0.15, 0.2) is 13.2 Å². The Balaban J connectivity index is 5.52. The van der Waals surface area contributed by atoms with E-state index in [1.165, 1.54) is 0 Å². The minimum absolute atomic E-state index is 2.84. The highest BCUT2D eigenvalue weighted by Gasteiger charge is 2.88. The summed E-state index contributed by atoms with van der Waals surface area (Å²) in [5, 5.41) is 0. The lowest BCUT2D eigenvalue weighted by Gasteiger charge is -2.38. The van der Waals surface area contributed by atoms with Crippen LogP contribution in [0.3, 0.4) is 0 Å². The number of halogens is 17. The third kappa shape index (κ3) is 5.12. The molecule has 0 rings (SSSR count). The summed E-state index contributed by atoms with van der Waals surface area (Å²) in [7, 11) is 0. The normalized spacial score (nSPS) is 15.3. The molecule has 0 N–H and O–H groups in total. The van der Waals surface area contributed by atoms with Crippen LogP contribution < -0.4 is 0 Å². The first-order chi connectivity index (χ1) is 13.3. The highest BCUT2D eigenvalue weighted by atomic mass is 19.4. The number of alkyl halides is 17. The second-order valence-electron chi connectivity index (χ2n) is 5.38. The molecule has 0 aliphatic rings. The standard InChI is InChI=1S/C11H5F17O3/c12-3(13)7(18,19)9(22,23)10(24,25)8(20,21)5(14,15)1-30-4(29)31-2-6(16,17)11(26,27)28/h3H,1-2H2. The summed E-state index contributed by atoms with van der Waals surface area (Å²) in [6.07, 6.45) is -15.2. The van der Waals surface area contributed by atoms with Crippen molar-refractivity contribution in [3.63, 3.8) is 0 Å². The van der Waals surface area contributed by atoms with E-state index in [-0.39, 0.29) is 0 Å². The van der Waals surface area contributed by atoms with Gasteiger partial charge in [0.25, 0.3) is 0 Å². The second kappa shape index (κ2) is 8.21. The van der Waals surface area contributed by atoms with Crippen molar-refractivity contribution < 1.29 is 88.9 Å². The molecule has 0 aromatic rings. The Kier molecular flexibility index (Phi) is 7.70. The van der Waals surface area contributed by atoms with E-state index >= 15 is 0 Å². The summed E-state index contributed by atoms with van der Waals surface area (Å²) in [6, 6.07) is 0. The molecule has 0 aliphatic carbocycles. The Morgan fingerprint density at radius 1 is 0.581 bits per heavy atom. The van der Waals surface area contributed by atoms with Crippen LogP contribution >= 0.6 is 0 Å². The highest BCUT2D eigenvalue weighted by Crippen LogP contribution is 2.58. The second-order valence-corrected chi connectivity index (χ2v) is 5.38. The summed E-state index contributed by atoms with van der Waals surface area (Å²) in [5.74, 6) is -43.3. The molecule has 0 fully saturated rings. The topological polar surface area (TPSA) is 35.5 Å². The van der Waals surface area contributed by atoms with Gasteiger partial charge in [-0.3, -0.25) is 0 Å². The zero-order valence-corrected chi connectivity index (χ0v) is 13.6. The van der Waals surface area contributed by atoms with Crippen LogP contribution in [0.4, 0.5) is 79.4 Å². The van der Waals surface area contributed by atoms with Crippen molar-refractivity contribution in [1.82, 2.24) is 0 Å². The number of hydrogen-bond donors (Lipinski definition) is 0. The lowest BCUT2D eigenvalue weighted by Crippen LogP contribution is -2.69. The van der Waals surface area contributed by atoms with Crippen molar-refractivity contribution in [2.24, 2.45) is 0 Å². The van der Waals surface area contributed by atoms with Crippen molar-refractivity contribution in [1.29, 1.82) is 0 Å². The first-order valence-corrected chi connectivity index (χ1v) is 6.71. The maximum atomic E-state index is 13.2. The first kappa shape index (κ1) is 29.1. The van der Waals surface area contributed by atoms with Crippen LogP contribution in [0.2, 0.25) is 0 Å². The van der Waals surface area contributed by atoms with Gasteiger partial charge in [-0.05, 0) is 0 Å². The average molecular weight is 508 g/mol. The highest BCUT2D eigenvalue weighted by molar-refractivity contribution is 5.60. The largest absolute Gasteiger partial charge is 0.508 e. The van der Waals surface area contributed by atoms with E-state index in [9.17, 15) is 79.4 Å². The summed E-state index contributed by atoms with van der Waals surface area (Å²) in [6.45, 7) is -6.52. The van der Waals surface area contributed by atoms with Gasteiger partial charge in [0.05, 0.1) is 0 Å². The van der Waals surface area contributed by atoms with Gasteiger partial charge in [-0.2, -0.15) is 65.9 Å². The van der Waals surface area contributed by atoms with E-state index in [4.69, 9.17) is 0 Å². The fraction of sp³-hybridized carbons (Fsp3) is 0.909. The van der Waals surface area contributed by atoms with Crippen LogP contribution in [0.1, 0.15) is 0 Å². The number of ether oxygens (including phenoxy) is 2. The lowest BCUT2D eigenvalue weighted by molar-refractivity contribution is -0.414. The Bertz CT molecular complexity index is 638. The summed E-state index contributed by atoms with van der Waals surface area (Å²) >= 11 is 0. The van der Waals surface area contributed by atoms with Gasteiger partial charge in [0, 0.05) is 0 Å². The predicted molar refractivity (Wildman–Crippen MR) is 59.0 cm³/mol. The third-order valence-corrected chi connectivity index (χ3v) is 3.10. The molecular formula is C11H5F17O3. The molecule has 0 spiro atoms. The Hall–Kier alpha value is -1.92. The zero-order valence-electron chi connectivity index (χ0n) is 13.6. The van der Waals surface area contributed by atoms with E-state index in [0.717, 1.165) is 0 Å². The summed E-state index contributed by atoms with van der Waals surface area (Å²) < 4.78 is 219. The molecule has 0 aliphatic heterocycles. The maximum absolute atomic E-state index is 13.2. The van der Waals surface area contributed by atoms with Crippen LogP contribution in [0.15, 0.2) is 0 Å². The van der Waals surface area contributed by atoms with Crippen LogP contribution in [-0.4, -0.2) is 67.5 Å². The van der Waals surface area contributed by atoms with Gasteiger partial charge < -0.3 is 9.47 Å². The third-order valence-electron chi connectivity index (χ3n) is 3.10. The fourth-order valence-electron chi connectivity index (χ4n) is 1.29. The van der Waals surface area contributed by atoms with Crippen LogP contribution in [-0.2, 0) is 9.47 Å². The zero-order chi connectivity index (χ0) is 25.5. The van der Waals surface area contributed by atoms with E-state index in [1.807, 2.05) is 0 Å². The van der Waals surface area contributed by atoms with E-state index in [1.54, 1.807) is 0 Å². The number of carbonyl (C=O) groups excluding carboxylic acids is 1. The molecule has 0 unspecified atom stereocenters. The van der Waals surface area contributed by atoms with Crippen LogP contribution in [0, 0.1) is 0 Å². The van der Waals surface area contributed by atoms with E-state index in [0.29, 0.717) is 0 Å². The van der Waals surface area contributed by atoms with Gasteiger partial charge >= 0.3 is 54.3 Å². The van der Waals surface area contributed by atoms with Gasteiger partial charge in [-0.1, -0.05) is 0 Å². The molecule has 186 valence electrons. The van der Waals surface area contributed by atoms with E-state index < -0.39 is 67.5 Å². The number of carbonyl (C=O) groups is 1. The minimum Gasteiger partial charge on any atom is -0.428 e. The molecular weight excluding hydrogens is 503 g/mol. The van der Waals surface area contributed by atoms with E-state index in [2.05, 4.69) is 9.47 Å². The fourth-order valence-corrected chi connectivity index (χ4v) is 1.29. The number of hydrogen-bond acceptors (Lipinski definition) is 3. The Morgan fingerprint density at radius 2 is 0.935 bits per heavy atom. The van der Waals surface area contributed by atoms with Crippen molar-refractivity contribution in [2.45, 2.75) is 48.1 Å². The van der Waals surface area contributed by atoms with Gasteiger partial charge in [-0.15, -0.1) is 0 Å². The first-order valence-electron chi connectivity index (χ1n) is 6.71. The maximum Gasteiger partial charge on any atom is 0.508 e. The van der Waals surface area contributed by atoms with Crippen molar-refractivity contribution in [3.8, 4) is 0 Å². The molecule has 0 bridgehead atoms. The van der Waals surface area contributed by atoms with Crippen LogP contribution in [0.25, 0.3) is 0 Å². The average Bonchev–Trinajstić information content (AvgIpc) is 2.56.